The average molecular weight is 262 g/mol. The zero-order valence-corrected chi connectivity index (χ0v) is 9.34. The first-order valence-electron chi connectivity index (χ1n) is 3.53. The van der Waals surface area contributed by atoms with E-state index >= 15 is 0 Å². The van der Waals surface area contributed by atoms with Crippen LogP contribution in [0.3, 0.4) is 0 Å². The van der Waals surface area contributed by atoms with Crippen LogP contribution in [-0.2, 0) is 5.33 Å². The summed E-state index contributed by atoms with van der Waals surface area (Å²) in [5.41, 5.74) is 1.32. The molecule has 2 rings (SSSR count). The Labute approximate surface area is 88.3 Å². The molecule has 0 saturated carbocycles. The molecule has 0 N–H and O–H groups in total. The predicted octanol–water partition coefficient (Wildman–Crippen LogP) is 4.45. The molecule has 0 radical (unpaired) electrons. The number of rotatable bonds is 1. The molecular formula is C9H6BrClS. The van der Waals surface area contributed by atoms with Gasteiger partial charge >= 0.3 is 0 Å². The van der Waals surface area contributed by atoms with Crippen LogP contribution in [0, 0.1) is 0 Å². The third-order valence-electron chi connectivity index (χ3n) is 1.78. The van der Waals surface area contributed by atoms with E-state index < -0.39 is 0 Å². The Hall–Kier alpha value is -0.0500. The van der Waals surface area contributed by atoms with Crippen LogP contribution in [-0.4, -0.2) is 0 Å². The molecule has 0 unspecified atom stereocenters. The van der Waals surface area contributed by atoms with E-state index in [1.165, 1.54) is 15.6 Å². The highest BCUT2D eigenvalue weighted by Crippen LogP contribution is 2.32. The topological polar surface area (TPSA) is 0 Å². The number of fused-ring (bicyclic) bond motifs is 1. The van der Waals surface area contributed by atoms with Gasteiger partial charge in [-0.1, -0.05) is 39.7 Å². The van der Waals surface area contributed by atoms with Gasteiger partial charge in [0.25, 0.3) is 0 Å². The third-order valence-corrected chi connectivity index (χ3v) is 3.88. The second kappa shape index (κ2) is 3.36. The van der Waals surface area contributed by atoms with Crippen molar-refractivity contribution in [3.05, 3.63) is 34.2 Å². The van der Waals surface area contributed by atoms with Crippen molar-refractivity contribution in [2.45, 2.75) is 5.33 Å². The zero-order chi connectivity index (χ0) is 8.55. The summed E-state index contributed by atoms with van der Waals surface area (Å²) in [4.78, 5) is 0. The van der Waals surface area contributed by atoms with E-state index in [9.17, 15) is 0 Å². The van der Waals surface area contributed by atoms with Crippen molar-refractivity contribution in [2.24, 2.45) is 0 Å². The van der Waals surface area contributed by atoms with Crippen molar-refractivity contribution in [1.82, 2.24) is 0 Å². The number of hydrogen-bond donors (Lipinski definition) is 0. The van der Waals surface area contributed by atoms with Gasteiger partial charge in [0, 0.05) is 5.33 Å². The van der Waals surface area contributed by atoms with Gasteiger partial charge in [-0.25, -0.2) is 0 Å². The van der Waals surface area contributed by atoms with Gasteiger partial charge in [-0.15, -0.1) is 11.3 Å². The predicted molar refractivity (Wildman–Crippen MR) is 59.5 cm³/mol. The molecule has 2 aromatic rings. The summed E-state index contributed by atoms with van der Waals surface area (Å²) >= 11 is 11.2. The first kappa shape index (κ1) is 8.54. The van der Waals surface area contributed by atoms with Gasteiger partial charge < -0.3 is 0 Å². The van der Waals surface area contributed by atoms with Crippen LogP contribution in [0.25, 0.3) is 10.1 Å². The van der Waals surface area contributed by atoms with Gasteiger partial charge in [-0.2, -0.15) is 0 Å². The van der Waals surface area contributed by atoms with Crippen molar-refractivity contribution in [2.75, 3.05) is 0 Å². The molecule has 62 valence electrons. The molecule has 0 saturated heterocycles. The molecule has 0 aliphatic carbocycles. The molecule has 0 bridgehead atoms. The van der Waals surface area contributed by atoms with E-state index in [0.717, 1.165) is 10.4 Å². The van der Waals surface area contributed by atoms with Crippen molar-refractivity contribution in [3.63, 3.8) is 0 Å². The van der Waals surface area contributed by atoms with Crippen molar-refractivity contribution < 1.29 is 0 Å². The van der Waals surface area contributed by atoms with Crippen molar-refractivity contribution in [1.29, 1.82) is 0 Å². The van der Waals surface area contributed by atoms with Gasteiger partial charge in [0.2, 0.25) is 0 Å². The second-order valence-corrected chi connectivity index (χ2v) is 4.36. The fraction of sp³-hybridized carbons (Fsp3) is 0.111. The number of benzene rings is 1. The lowest BCUT2D eigenvalue weighted by atomic mass is 10.2. The number of hydrogen-bond acceptors (Lipinski definition) is 1. The Balaban J connectivity index is 2.80. The van der Waals surface area contributed by atoms with Gasteiger partial charge in [0.1, 0.15) is 0 Å². The molecule has 0 nitrogen and oxygen atoms in total. The minimum Gasteiger partial charge on any atom is -0.142 e. The molecule has 1 aromatic heterocycles. The number of thiophene rings is 1. The second-order valence-electron chi connectivity index (χ2n) is 2.51. The quantitative estimate of drug-likeness (QED) is 0.665. The molecule has 0 amide bonds. The van der Waals surface area contributed by atoms with Crippen LogP contribution < -0.4 is 0 Å². The Bertz CT molecular complexity index is 408. The molecule has 0 spiro atoms. The van der Waals surface area contributed by atoms with E-state index in [-0.39, 0.29) is 0 Å². The third kappa shape index (κ3) is 1.28. The Morgan fingerprint density at radius 2 is 2.25 bits per heavy atom. The molecule has 12 heavy (non-hydrogen) atoms. The lowest BCUT2D eigenvalue weighted by molar-refractivity contribution is 1.55. The summed E-state index contributed by atoms with van der Waals surface area (Å²) in [6.07, 6.45) is 0. The largest absolute Gasteiger partial charge is 0.142 e. The van der Waals surface area contributed by atoms with Crippen LogP contribution in [0.4, 0.5) is 0 Å². The highest BCUT2D eigenvalue weighted by Gasteiger charge is 2.04. The average Bonchev–Trinajstić information content (AvgIpc) is 2.49. The fourth-order valence-corrected chi connectivity index (χ4v) is 3.14. The fourth-order valence-electron chi connectivity index (χ4n) is 1.18. The van der Waals surface area contributed by atoms with E-state index in [0.29, 0.717) is 0 Å². The van der Waals surface area contributed by atoms with E-state index in [2.05, 4.69) is 27.4 Å². The van der Waals surface area contributed by atoms with Crippen LogP contribution in [0.15, 0.2) is 23.6 Å². The van der Waals surface area contributed by atoms with Gasteiger partial charge in [0.05, 0.1) is 9.72 Å². The maximum absolute atomic E-state index is 6.02. The molecule has 0 fully saturated rings. The van der Waals surface area contributed by atoms with Gasteiger partial charge in [-0.05, 0) is 22.4 Å². The first-order chi connectivity index (χ1) is 5.83. The smallest absolute Gasteiger partial charge is 0.0584 e. The normalized spacial score (nSPS) is 10.8. The zero-order valence-electron chi connectivity index (χ0n) is 6.18. The minimum atomic E-state index is 0.852. The van der Waals surface area contributed by atoms with Crippen LogP contribution in [0.1, 0.15) is 5.56 Å². The Morgan fingerprint density at radius 3 is 3.00 bits per heavy atom. The van der Waals surface area contributed by atoms with E-state index in [4.69, 9.17) is 11.6 Å². The molecular weight excluding hydrogens is 256 g/mol. The van der Waals surface area contributed by atoms with E-state index in [1.807, 2.05) is 12.1 Å². The maximum Gasteiger partial charge on any atom is 0.0584 e. The van der Waals surface area contributed by atoms with Gasteiger partial charge in [-0.3, -0.25) is 0 Å². The first-order valence-corrected chi connectivity index (χ1v) is 5.91. The molecule has 1 heterocycles. The van der Waals surface area contributed by atoms with Crippen LogP contribution in [0.5, 0.6) is 0 Å². The van der Waals surface area contributed by atoms with E-state index in [1.54, 1.807) is 11.3 Å². The summed E-state index contributed by atoms with van der Waals surface area (Å²) in [7, 11) is 0. The molecule has 1 aromatic carbocycles. The highest BCUT2D eigenvalue weighted by atomic mass is 79.9. The molecule has 0 atom stereocenters. The summed E-state index contributed by atoms with van der Waals surface area (Å²) in [6.45, 7) is 0. The Kier molecular flexibility index (Phi) is 2.40. The highest BCUT2D eigenvalue weighted by molar-refractivity contribution is 9.08. The molecule has 0 aliphatic heterocycles. The minimum absolute atomic E-state index is 0.852. The number of halogens is 2. The lowest BCUT2D eigenvalue weighted by Gasteiger charge is -1.93. The summed E-state index contributed by atoms with van der Waals surface area (Å²) < 4.78 is 1.19. The molecule has 3 heteroatoms. The standard InChI is InChI=1S/C9H6BrClS/c10-4-6-5-12-9-7(6)2-1-3-8(9)11/h1-3,5H,4H2. The van der Waals surface area contributed by atoms with Crippen LogP contribution >= 0.6 is 38.9 Å². The van der Waals surface area contributed by atoms with Crippen LogP contribution in [0.2, 0.25) is 5.02 Å². The number of alkyl halides is 1. The summed E-state index contributed by atoms with van der Waals surface area (Å²) in [6, 6.07) is 6.02. The van der Waals surface area contributed by atoms with Crippen molar-refractivity contribution in [3.8, 4) is 0 Å². The maximum atomic E-state index is 6.02. The SMILES string of the molecule is Clc1cccc2c(CBr)csc12. The van der Waals surface area contributed by atoms with Gasteiger partial charge in [0.15, 0.2) is 0 Å². The summed E-state index contributed by atoms with van der Waals surface area (Å²) in [5, 5.41) is 5.16. The summed E-state index contributed by atoms with van der Waals surface area (Å²) in [5.74, 6) is 0. The monoisotopic (exact) mass is 260 g/mol. The Morgan fingerprint density at radius 1 is 1.42 bits per heavy atom. The lowest BCUT2D eigenvalue weighted by Crippen LogP contribution is -1.71. The molecule has 0 aliphatic rings. The van der Waals surface area contributed by atoms with Crippen molar-refractivity contribution >= 4 is 49.0 Å².